The van der Waals surface area contributed by atoms with Gasteiger partial charge in [0.15, 0.2) is 15.2 Å². The number of hydrogen-bond acceptors (Lipinski definition) is 6. The first-order valence-electron chi connectivity index (χ1n) is 7.88. The zero-order chi connectivity index (χ0) is 17.1. The lowest BCUT2D eigenvalue weighted by Crippen LogP contribution is -2.22. The van der Waals surface area contributed by atoms with Crippen LogP contribution in [0.5, 0.6) is 5.75 Å². The van der Waals surface area contributed by atoms with Gasteiger partial charge in [-0.2, -0.15) is 0 Å². The van der Waals surface area contributed by atoms with Crippen molar-refractivity contribution in [1.29, 1.82) is 0 Å². The normalized spacial score (nSPS) is 17.1. The number of aromatic nitrogens is 1. The fourth-order valence-corrected chi connectivity index (χ4v) is 4.20. The number of methoxy groups -OCH3 is 1. The van der Waals surface area contributed by atoms with Crippen LogP contribution >= 0.6 is 22.9 Å². The van der Waals surface area contributed by atoms with E-state index in [1.54, 1.807) is 0 Å². The molecule has 2 heterocycles. The molecule has 0 saturated carbocycles. The lowest BCUT2D eigenvalue weighted by molar-refractivity contribution is 0.0606. The highest BCUT2D eigenvalue weighted by molar-refractivity contribution is 7.18. The molecule has 1 atom stereocenters. The summed E-state index contributed by atoms with van der Waals surface area (Å²) < 4.78 is 10.3. The number of rotatable bonds is 5. The molecule has 1 saturated heterocycles. The monoisotopic (exact) mass is 366 g/mol. The fourth-order valence-electron chi connectivity index (χ4n) is 2.93. The zero-order valence-corrected chi connectivity index (χ0v) is 15.2. The van der Waals surface area contributed by atoms with Crippen molar-refractivity contribution in [3.63, 3.8) is 0 Å². The van der Waals surface area contributed by atoms with E-state index in [0.29, 0.717) is 11.5 Å². The Morgan fingerprint density at radius 2 is 2.17 bits per heavy atom. The minimum Gasteiger partial charge on any atom is -0.494 e. The molecule has 0 aliphatic carbocycles. The number of nitrogens with zero attached hydrogens (tertiary/aromatic N) is 2. The molecule has 128 valence electrons. The highest BCUT2D eigenvalue weighted by atomic mass is 35.5. The standard InChI is InChI=1S/C17H19ClN2O3S/c1-3-23-12-8-6-11(7-9-12)13-5-4-10-20(13)17-19-15(18)14(24-17)16(21)22-2/h6-9,13H,3-5,10H2,1-2H3. The van der Waals surface area contributed by atoms with Gasteiger partial charge >= 0.3 is 5.97 Å². The molecule has 1 aromatic carbocycles. The van der Waals surface area contributed by atoms with Crippen LogP contribution in [-0.2, 0) is 4.74 Å². The van der Waals surface area contributed by atoms with E-state index in [0.717, 1.165) is 30.3 Å². The Morgan fingerprint density at radius 3 is 2.83 bits per heavy atom. The molecule has 0 spiro atoms. The summed E-state index contributed by atoms with van der Waals surface area (Å²) >= 11 is 7.38. The molecule has 0 amide bonds. The van der Waals surface area contributed by atoms with Crippen molar-refractivity contribution < 1.29 is 14.3 Å². The second-order valence-electron chi connectivity index (χ2n) is 5.46. The van der Waals surface area contributed by atoms with Crippen LogP contribution in [0.3, 0.4) is 0 Å². The second-order valence-corrected chi connectivity index (χ2v) is 6.80. The van der Waals surface area contributed by atoms with Crippen molar-refractivity contribution >= 4 is 34.0 Å². The highest BCUT2D eigenvalue weighted by Gasteiger charge is 2.30. The first kappa shape index (κ1) is 17.0. The van der Waals surface area contributed by atoms with E-state index in [9.17, 15) is 4.79 Å². The summed E-state index contributed by atoms with van der Waals surface area (Å²) in [5.41, 5.74) is 1.21. The molecular weight excluding hydrogens is 348 g/mol. The van der Waals surface area contributed by atoms with E-state index in [-0.39, 0.29) is 11.2 Å². The summed E-state index contributed by atoms with van der Waals surface area (Å²) in [6, 6.07) is 8.39. The molecule has 1 aliphatic heterocycles. The van der Waals surface area contributed by atoms with Gasteiger partial charge in [0.05, 0.1) is 19.8 Å². The van der Waals surface area contributed by atoms with Crippen LogP contribution < -0.4 is 9.64 Å². The van der Waals surface area contributed by atoms with E-state index in [1.807, 2.05) is 19.1 Å². The lowest BCUT2D eigenvalue weighted by atomic mass is 10.0. The molecule has 2 aromatic rings. The number of halogens is 1. The van der Waals surface area contributed by atoms with Crippen molar-refractivity contribution in [2.24, 2.45) is 0 Å². The van der Waals surface area contributed by atoms with Gasteiger partial charge in [-0.3, -0.25) is 0 Å². The van der Waals surface area contributed by atoms with Gasteiger partial charge in [0, 0.05) is 6.54 Å². The van der Waals surface area contributed by atoms with Crippen LogP contribution in [0.1, 0.15) is 41.0 Å². The maximum absolute atomic E-state index is 11.7. The summed E-state index contributed by atoms with van der Waals surface area (Å²) in [4.78, 5) is 18.7. The fraction of sp³-hybridized carbons (Fsp3) is 0.412. The molecule has 5 nitrogen and oxygen atoms in total. The number of carbonyl (C=O) groups is 1. The van der Waals surface area contributed by atoms with Crippen molar-refractivity contribution in [2.75, 3.05) is 25.2 Å². The highest BCUT2D eigenvalue weighted by Crippen LogP contribution is 2.40. The van der Waals surface area contributed by atoms with Crippen molar-refractivity contribution in [3.8, 4) is 5.75 Å². The average Bonchev–Trinajstić information content (AvgIpc) is 3.21. The molecule has 0 bridgehead atoms. The van der Waals surface area contributed by atoms with Crippen LogP contribution in [0.25, 0.3) is 0 Å². The maximum Gasteiger partial charge on any atom is 0.351 e. The summed E-state index contributed by atoms with van der Waals surface area (Å²) in [7, 11) is 1.34. The number of ether oxygens (including phenoxy) is 2. The Kier molecular flexibility index (Phi) is 5.26. The number of thiazole rings is 1. The Labute approximate surface area is 150 Å². The van der Waals surface area contributed by atoms with E-state index >= 15 is 0 Å². The number of hydrogen-bond donors (Lipinski definition) is 0. The van der Waals surface area contributed by atoms with Gasteiger partial charge in [-0.15, -0.1) is 0 Å². The molecule has 24 heavy (non-hydrogen) atoms. The van der Waals surface area contributed by atoms with Crippen LogP contribution in [0, 0.1) is 0 Å². The summed E-state index contributed by atoms with van der Waals surface area (Å²) in [5, 5.41) is 0.968. The molecule has 7 heteroatoms. The average molecular weight is 367 g/mol. The van der Waals surface area contributed by atoms with Crippen LogP contribution in [0.2, 0.25) is 5.15 Å². The smallest absolute Gasteiger partial charge is 0.351 e. The quantitative estimate of drug-likeness (QED) is 0.737. The van der Waals surface area contributed by atoms with E-state index in [2.05, 4.69) is 22.0 Å². The van der Waals surface area contributed by atoms with Gasteiger partial charge in [-0.1, -0.05) is 35.1 Å². The molecule has 1 aromatic heterocycles. The molecule has 0 radical (unpaired) electrons. The Balaban J connectivity index is 1.84. The van der Waals surface area contributed by atoms with Gasteiger partial charge in [0.25, 0.3) is 0 Å². The Bertz CT molecular complexity index is 717. The van der Waals surface area contributed by atoms with E-state index < -0.39 is 5.97 Å². The number of carbonyl (C=O) groups excluding carboxylic acids is 1. The third kappa shape index (κ3) is 3.35. The van der Waals surface area contributed by atoms with Crippen molar-refractivity contribution in [3.05, 3.63) is 39.9 Å². The molecule has 3 rings (SSSR count). The minimum atomic E-state index is -0.444. The third-order valence-electron chi connectivity index (χ3n) is 4.02. The predicted octanol–water partition coefficient (Wildman–Crippen LogP) is 4.32. The van der Waals surface area contributed by atoms with E-state index in [1.165, 1.54) is 24.0 Å². The van der Waals surface area contributed by atoms with Gasteiger partial charge in [0.1, 0.15) is 5.75 Å². The number of benzene rings is 1. The summed E-state index contributed by atoms with van der Waals surface area (Å²) in [5.74, 6) is 0.427. The molecule has 1 fully saturated rings. The van der Waals surface area contributed by atoms with Crippen LogP contribution in [0.4, 0.5) is 5.13 Å². The summed E-state index contributed by atoms with van der Waals surface area (Å²) in [6.45, 7) is 3.52. The van der Waals surface area contributed by atoms with Crippen molar-refractivity contribution in [1.82, 2.24) is 4.98 Å². The maximum atomic E-state index is 11.7. The van der Waals surface area contributed by atoms with Crippen molar-refractivity contribution in [2.45, 2.75) is 25.8 Å². The minimum absolute atomic E-state index is 0.208. The number of esters is 1. The van der Waals surface area contributed by atoms with E-state index in [4.69, 9.17) is 21.1 Å². The largest absolute Gasteiger partial charge is 0.494 e. The first-order valence-corrected chi connectivity index (χ1v) is 9.07. The second kappa shape index (κ2) is 7.40. The summed E-state index contributed by atoms with van der Waals surface area (Å²) in [6.07, 6.45) is 2.11. The molecular formula is C17H19ClN2O3S. The van der Waals surface area contributed by atoms with Gasteiger partial charge < -0.3 is 14.4 Å². The Morgan fingerprint density at radius 1 is 1.42 bits per heavy atom. The van der Waals surface area contributed by atoms with Gasteiger partial charge in [0.2, 0.25) is 0 Å². The van der Waals surface area contributed by atoms with Gasteiger partial charge in [-0.05, 0) is 37.5 Å². The lowest BCUT2D eigenvalue weighted by Gasteiger charge is -2.24. The predicted molar refractivity (Wildman–Crippen MR) is 95.4 cm³/mol. The molecule has 1 unspecified atom stereocenters. The SMILES string of the molecule is CCOc1ccc(C2CCCN2c2nc(Cl)c(C(=O)OC)s2)cc1. The van der Waals surface area contributed by atoms with Gasteiger partial charge in [-0.25, -0.2) is 9.78 Å². The first-order chi connectivity index (χ1) is 11.6. The third-order valence-corrected chi connectivity index (χ3v) is 5.48. The number of anilines is 1. The Hall–Kier alpha value is -1.79. The molecule has 1 aliphatic rings. The topological polar surface area (TPSA) is 51.7 Å². The zero-order valence-electron chi connectivity index (χ0n) is 13.6. The molecule has 0 N–H and O–H groups in total. The van der Waals surface area contributed by atoms with Crippen LogP contribution in [0.15, 0.2) is 24.3 Å². The van der Waals surface area contributed by atoms with Crippen LogP contribution in [-0.4, -0.2) is 31.2 Å².